The second kappa shape index (κ2) is 5.72. The van der Waals surface area contributed by atoms with Crippen molar-refractivity contribution in [3.63, 3.8) is 0 Å². The monoisotopic (exact) mass is 281 g/mol. The molecule has 0 saturated carbocycles. The van der Waals surface area contributed by atoms with Gasteiger partial charge in [-0.2, -0.15) is 0 Å². The van der Waals surface area contributed by atoms with Crippen molar-refractivity contribution in [3.05, 3.63) is 0 Å². The van der Waals surface area contributed by atoms with E-state index >= 15 is 0 Å². The Balaban J connectivity index is 2.25. The average Bonchev–Trinajstić information content (AvgIpc) is 2.43. The Morgan fingerprint density at radius 2 is 1.85 bits per heavy atom. The molecule has 2 rings (SSSR count). The van der Waals surface area contributed by atoms with Gasteiger partial charge in [-0.25, -0.2) is 0 Å². The van der Waals surface area contributed by atoms with E-state index in [2.05, 4.69) is 17.3 Å². The number of carbonyl (C=O) groups excluding carboxylic acids is 2. The second-order valence-electron chi connectivity index (χ2n) is 6.35. The highest BCUT2D eigenvalue weighted by Gasteiger charge is 2.48. The number of amides is 2. The van der Waals surface area contributed by atoms with Gasteiger partial charge in [0.05, 0.1) is 0 Å². The highest BCUT2D eigenvalue weighted by molar-refractivity contribution is 5.99. The second-order valence-corrected chi connectivity index (χ2v) is 6.35. The van der Waals surface area contributed by atoms with Gasteiger partial charge in [0.15, 0.2) is 0 Å². The van der Waals surface area contributed by atoms with Gasteiger partial charge in [0, 0.05) is 6.04 Å². The predicted octanol–water partition coefficient (Wildman–Crippen LogP) is 0.986. The van der Waals surface area contributed by atoms with E-state index in [0.717, 1.165) is 25.9 Å². The molecule has 5 heteroatoms. The van der Waals surface area contributed by atoms with Crippen molar-refractivity contribution in [2.75, 3.05) is 20.1 Å². The molecule has 0 bridgehead atoms. The molecule has 0 spiro atoms. The largest absolute Gasteiger partial charge is 0.340 e. The van der Waals surface area contributed by atoms with Crippen LogP contribution in [0.1, 0.15) is 46.5 Å². The van der Waals surface area contributed by atoms with Crippen molar-refractivity contribution in [2.24, 2.45) is 0 Å². The Morgan fingerprint density at radius 1 is 1.25 bits per heavy atom. The van der Waals surface area contributed by atoms with Gasteiger partial charge in [-0.15, -0.1) is 0 Å². The number of piperidine rings is 1. The van der Waals surface area contributed by atoms with E-state index in [-0.39, 0.29) is 23.9 Å². The van der Waals surface area contributed by atoms with Gasteiger partial charge in [-0.05, 0) is 52.7 Å². The van der Waals surface area contributed by atoms with Gasteiger partial charge >= 0.3 is 0 Å². The fraction of sp³-hybridized carbons (Fsp3) is 0.867. The molecule has 2 amide bonds. The summed E-state index contributed by atoms with van der Waals surface area (Å²) in [6.45, 7) is 7.77. The molecule has 0 aromatic heterocycles. The van der Waals surface area contributed by atoms with Crippen LogP contribution in [0.15, 0.2) is 0 Å². The first-order valence-corrected chi connectivity index (χ1v) is 7.76. The summed E-state index contributed by atoms with van der Waals surface area (Å²) in [5.41, 5.74) is -0.730. The molecule has 1 N–H and O–H groups in total. The van der Waals surface area contributed by atoms with Crippen molar-refractivity contribution < 1.29 is 9.59 Å². The summed E-state index contributed by atoms with van der Waals surface area (Å²) in [5.74, 6) is 0.108. The fourth-order valence-electron chi connectivity index (χ4n) is 3.28. The zero-order chi connectivity index (χ0) is 14.9. The van der Waals surface area contributed by atoms with Crippen LogP contribution in [0.5, 0.6) is 0 Å². The fourth-order valence-corrected chi connectivity index (χ4v) is 3.28. The zero-order valence-electron chi connectivity index (χ0n) is 13.1. The lowest BCUT2D eigenvalue weighted by Crippen LogP contribution is -2.71. The van der Waals surface area contributed by atoms with Crippen LogP contribution in [0.4, 0.5) is 0 Å². The molecule has 2 fully saturated rings. The van der Waals surface area contributed by atoms with Gasteiger partial charge in [0.1, 0.15) is 11.6 Å². The van der Waals surface area contributed by atoms with Crippen molar-refractivity contribution >= 4 is 11.8 Å². The predicted molar refractivity (Wildman–Crippen MR) is 78.3 cm³/mol. The number of carbonyl (C=O) groups is 2. The third kappa shape index (κ3) is 2.55. The minimum Gasteiger partial charge on any atom is -0.340 e. The van der Waals surface area contributed by atoms with Crippen LogP contribution in [0.3, 0.4) is 0 Å². The van der Waals surface area contributed by atoms with Gasteiger partial charge in [0.25, 0.3) is 0 Å². The third-order valence-electron chi connectivity index (χ3n) is 4.92. The maximum atomic E-state index is 12.9. The van der Waals surface area contributed by atoms with Crippen LogP contribution >= 0.6 is 0 Å². The summed E-state index contributed by atoms with van der Waals surface area (Å²) >= 11 is 0. The Kier molecular flexibility index (Phi) is 4.37. The Hall–Kier alpha value is -1.10. The molecule has 2 aliphatic rings. The first-order chi connectivity index (χ1) is 9.42. The Labute approximate surface area is 121 Å². The van der Waals surface area contributed by atoms with Gasteiger partial charge in [-0.3, -0.25) is 9.59 Å². The standard InChI is InChI=1S/C15H27N3O2/c1-5-12-13(19)16-15(3,6-2)14(20)18(12)11-7-9-17(4)10-8-11/h11-12H,5-10H2,1-4H3,(H,16,19). The van der Waals surface area contributed by atoms with Gasteiger partial charge < -0.3 is 15.1 Å². The number of likely N-dealkylation sites (tertiary alicyclic amines) is 1. The van der Waals surface area contributed by atoms with Crippen LogP contribution in [-0.2, 0) is 9.59 Å². The number of hydrogen-bond donors (Lipinski definition) is 1. The molecule has 2 atom stereocenters. The highest BCUT2D eigenvalue weighted by Crippen LogP contribution is 2.28. The molecule has 2 saturated heterocycles. The molecule has 20 heavy (non-hydrogen) atoms. The van der Waals surface area contributed by atoms with Crippen LogP contribution < -0.4 is 5.32 Å². The summed E-state index contributed by atoms with van der Waals surface area (Å²) in [4.78, 5) is 29.4. The molecule has 2 heterocycles. The quantitative estimate of drug-likeness (QED) is 0.839. The van der Waals surface area contributed by atoms with E-state index in [1.54, 1.807) is 0 Å². The number of piperazine rings is 1. The molecule has 5 nitrogen and oxygen atoms in total. The topological polar surface area (TPSA) is 52.7 Å². The summed E-state index contributed by atoms with van der Waals surface area (Å²) in [7, 11) is 2.11. The summed E-state index contributed by atoms with van der Waals surface area (Å²) < 4.78 is 0. The lowest BCUT2D eigenvalue weighted by molar-refractivity contribution is -0.158. The van der Waals surface area contributed by atoms with E-state index in [4.69, 9.17) is 0 Å². The highest BCUT2D eigenvalue weighted by atomic mass is 16.2. The lowest BCUT2D eigenvalue weighted by atomic mass is 9.88. The van der Waals surface area contributed by atoms with Crippen molar-refractivity contribution in [3.8, 4) is 0 Å². The molecule has 2 aliphatic heterocycles. The van der Waals surface area contributed by atoms with Crippen molar-refractivity contribution in [1.29, 1.82) is 0 Å². The van der Waals surface area contributed by atoms with Gasteiger partial charge in [0.2, 0.25) is 11.8 Å². The van der Waals surface area contributed by atoms with Crippen molar-refractivity contribution in [1.82, 2.24) is 15.1 Å². The van der Waals surface area contributed by atoms with Crippen LogP contribution in [0.2, 0.25) is 0 Å². The normalized spacial score (nSPS) is 33.4. The molecule has 0 aromatic rings. The SMILES string of the molecule is CCC1C(=O)NC(C)(CC)C(=O)N1C1CCN(C)CC1. The van der Waals surface area contributed by atoms with Crippen LogP contribution in [0, 0.1) is 0 Å². The van der Waals surface area contributed by atoms with Gasteiger partial charge in [-0.1, -0.05) is 13.8 Å². The summed E-state index contributed by atoms with van der Waals surface area (Å²) in [6, 6.07) is -0.0869. The minimum atomic E-state index is -0.730. The van der Waals surface area contributed by atoms with E-state index in [9.17, 15) is 9.59 Å². The van der Waals surface area contributed by atoms with Crippen molar-refractivity contribution in [2.45, 2.75) is 64.1 Å². The molecule has 2 unspecified atom stereocenters. The first kappa shape index (κ1) is 15.3. The molecule has 0 radical (unpaired) electrons. The molecule has 114 valence electrons. The molecular formula is C15H27N3O2. The Bertz CT molecular complexity index is 391. The lowest BCUT2D eigenvalue weighted by Gasteiger charge is -2.49. The summed E-state index contributed by atoms with van der Waals surface area (Å²) in [5, 5.41) is 2.93. The smallest absolute Gasteiger partial charge is 0.248 e. The van der Waals surface area contributed by atoms with E-state index in [1.807, 2.05) is 25.7 Å². The maximum absolute atomic E-state index is 12.9. The van der Waals surface area contributed by atoms with E-state index in [0.29, 0.717) is 12.8 Å². The maximum Gasteiger partial charge on any atom is 0.248 e. The van der Waals surface area contributed by atoms with Crippen LogP contribution in [0.25, 0.3) is 0 Å². The number of nitrogens with zero attached hydrogens (tertiary/aromatic N) is 2. The minimum absolute atomic E-state index is 0.00961. The number of nitrogens with one attached hydrogen (secondary N) is 1. The number of rotatable bonds is 3. The summed E-state index contributed by atoms with van der Waals surface area (Å²) in [6.07, 6.45) is 3.25. The van der Waals surface area contributed by atoms with Crippen LogP contribution in [-0.4, -0.2) is 59.4 Å². The third-order valence-corrected chi connectivity index (χ3v) is 4.92. The average molecular weight is 281 g/mol. The molecule has 0 aromatic carbocycles. The Morgan fingerprint density at radius 3 is 2.35 bits per heavy atom. The van der Waals surface area contributed by atoms with E-state index < -0.39 is 5.54 Å². The molecule has 0 aliphatic carbocycles. The van der Waals surface area contributed by atoms with E-state index in [1.165, 1.54) is 0 Å². The first-order valence-electron chi connectivity index (χ1n) is 7.76. The molecular weight excluding hydrogens is 254 g/mol. The zero-order valence-corrected chi connectivity index (χ0v) is 13.1. The number of hydrogen-bond acceptors (Lipinski definition) is 3.